The smallest absolute Gasteiger partial charge is 0.336 e. The van der Waals surface area contributed by atoms with E-state index in [1.54, 1.807) is 0 Å². The lowest BCUT2D eigenvalue weighted by Gasteiger charge is -2.31. The first kappa shape index (κ1) is 17.1. The number of rotatable bonds is 7. The summed E-state index contributed by atoms with van der Waals surface area (Å²) in [6, 6.07) is 0. The van der Waals surface area contributed by atoms with Gasteiger partial charge in [0.15, 0.2) is 24.8 Å². The van der Waals surface area contributed by atoms with Crippen LogP contribution in [0.15, 0.2) is 0 Å². The van der Waals surface area contributed by atoms with Gasteiger partial charge < -0.3 is 38.6 Å². The van der Waals surface area contributed by atoms with Crippen molar-refractivity contribution in [3.63, 3.8) is 0 Å². The van der Waals surface area contributed by atoms with Crippen molar-refractivity contribution in [2.75, 3.05) is 39.6 Å². The Morgan fingerprint density at radius 2 is 1.23 bits per heavy atom. The largest absolute Gasteiger partial charge is 0.479 e. The molecule has 0 aromatic rings. The van der Waals surface area contributed by atoms with Gasteiger partial charge in [-0.1, -0.05) is 0 Å². The molecule has 0 spiro atoms. The summed E-state index contributed by atoms with van der Waals surface area (Å²) in [5, 5.41) is 18.4. The third-order valence-electron chi connectivity index (χ3n) is 2.93. The standard InChI is InChI=1S/C12H18O10/c13-11(14)9(21-7-5-17-1-3-19-7)10(12(15)16)22-8-6-18-2-4-20-8/h7-10H,1-6H2,(H,13,14)(H,15,16). The van der Waals surface area contributed by atoms with Crippen molar-refractivity contribution in [3.05, 3.63) is 0 Å². The fourth-order valence-corrected chi connectivity index (χ4v) is 1.93. The van der Waals surface area contributed by atoms with E-state index in [0.717, 1.165) is 0 Å². The van der Waals surface area contributed by atoms with Crippen LogP contribution in [0, 0.1) is 0 Å². The molecule has 0 bridgehead atoms. The van der Waals surface area contributed by atoms with Crippen LogP contribution in [0.4, 0.5) is 0 Å². The number of aliphatic carboxylic acids is 2. The van der Waals surface area contributed by atoms with Crippen LogP contribution in [-0.4, -0.2) is 86.6 Å². The first-order chi connectivity index (χ1) is 10.6. The van der Waals surface area contributed by atoms with Crippen molar-refractivity contribution in [1.29, 1.82) is 0 Å². The maximum absolute atomic E-state index is 11.3. The molecular weight excluding hydrogens is 304 g/mol. The van der Waals surface area contributed by atoms with Gasteiger partial charge in [-0.15, -0.1) is 0 Å². The van der Waals surface area contributed by atoms with Gasteiger partial charge in [0.25, 0.3) is 0 Å². The molecule has 10 nitrogen and oxygen atoms in total. The van der Waals surface area contributed by atoms with E-state index in [2.05, 4.69) is 0 Å². The van der Waals surface area contributed by atoms with Crippen LogP contribution in [0.5, 0.6) is 0 Å². The second-order valence-corrected chi connectivity index (χ2v) is 4.54. The van der Waals surface area contributed by atoms with Crippen molar-refractivity contribution >= 4 is 11.9 Å². The maximum atomic E-state index is 11.3. The normalized spacial score (nSPS) is 28.7. The van der Waals surface area contributed by atoms with Crippen LogP contribution >= 0.6 is 0 Å². The molecule has 2 saturated heterocycles. The average Bonchev–Trinajstić information content (AvgIpc) is 2.52. The fraction of sp³-hybridized carbons (Fsp3) is 0.833. The highest BCUT2D eigenvalue weighted by Gasteiger charge is 2.40. The molecule has 0 amide bonds. The number of carboxylic acid groups (broad SMARTS) is 2. The molecule has 0 radical (unpaired) electrons. The lowest BCUT2D eigenvalue weighted by Crippen LogP contribution is -2.50. The van der Waals surface area contributed by atoms with Crippen LogP contribution in [0.2, 0.25) is 0 Å². The Kier molecular flexibility index (Phi) is 6.49. The predicted molar refractivity (Wildman–Crippen MR) is 66.1 cm³/mol. The van der Waals surface area contributed by atoms with Crippen LogP contribution in [0.3, 0.4) is 0 Å². The van der Waals surface area contributed by atoms with Crippen molar-refractivity contribution < 1.29 is 48.2 Å². The molecular formula is C12H18O10. The minimum absolute atomic E-state index is 0.0131. The molecule has 2 aliphatic rings. The summed E-state index contributed by atoms with van der Waals surface area (Å²) in [6.07, 6.45) is -5.47. The van der Waals surface area contributed by atoms with Crippen molar-refractivity contribution in [2.45, 2.75) is 24.8 Å². The molecule has 0 aromatic heterocycles. The summed E-state index contributed by atoms with van der Waals surface area (Å²) in [4.78, 5) is 22.6. The quantitative estimate of drug-likeness (QED) is 0.581. The van der Waals surface area contributed by atoms with Gasteiger partial charge in [0.1, 0.15) is 0 Å². The molecule has 126 valence electrons. The first-order valence-corrected chi connectivity index (χ1v) is 6.73. The Balaban J connectivity index is 2.00. The van der Waals surface area contributed by atoms with Crippen LogP contribution in [0.25, 0.3) is 0 Å². The minimum Gasteiger partial charge on any atom is -0.479 e. The zero-order valence-electron chi connectivity index (χ0n) is 11.7. The molecule has 0 aliphatic carbocycles. The summed E-state index contributed by atoms with van der Waals surface area (Å²) in [5.41, 5.74) is 0. The summed E-state index contributed by atoms with van der Waals surface area (Å²) < 4.78 is 30.8. The zero-order valence-corrected chi connectivity index (χ0v) is 11.7. The summed E-state index contributed by atoms with van der Waals surface area (Å²) in [6.45, 7) is 1.22. The van der Waals surface area contributed by atoms with Gasteiger partial charge in [-0.25, -0.2) is 9.59 Å². The van der Waals surface area contributed by atoms with E-state index in [9.17, 15) is 19.8 Å². The summed E-state index contributed by atoms with van der Waals surface area (Å²) >= 11 is 0. The Bertz CT molecular complexity index is 338. The van der Waals surface area contributed by atoms with Crippen molar-refractivity contribution in [3.8, 4) is 0 Å². The second kappa shape index (κ2) is 8.36. The fourth-order valence-electron chi connectivity index (χ4n) is 1.93. The number of ether oxygens (including phenoxy) is 6. The predicted octanol–water partition coefficient (Wildman–Crippen LogP) is -1.33. The molecule has 2 aliphatic heterocycles. The highest BCUT2D eigenvalue weighted by Crippen LogP contribution is 2.15. The van der Waals surface area contributed by atoms with Crippen LogP contribution in [-0.2, 0) is 38.0 Å². The van der Waals surface area contributed by atoms with Crippen molar-refractivity contribution in [1.82, 2.24) is 0 Å². The van der Waals surface area contributed by atoms with Gasteiger partial charge in [-0.2, -0.15) is 0 Å². The van der Waals surface area contributed by atoms with E-state index in [4.69, 9.17) is 28.4 Å². The molecule has 2 rings (SSSR count). The minimum atomic E-state index is -1.77. The maximum Gasteiger partial charge on any atom is 0.336 e. The molecule has 4 unspecified atom stereocenters. The van der Waals surface area contributed by atoms with E-state index < -0.39 is 36.7 Å². The molecule has 0 aromatic carbocycles. The SMILES string of the molecule is O=C(O)C(OC1COCCO1)C(OC1COCCO1)C(=O)O. The van der Waals surface area contributed by atoms with E-state index in [-0.39, 0.29) is 26.4 Å². The van der Waals surface area contributed by atoms with Crippen LogP contribution < -0.4 is 0 Å². The Morgan fingerprint density at radius 1 is 0.818 bits per heavy atom. The topological polar surface area (TPSA) is 130 Å². The molecule has 22 heavy (non-hydrogen) atoms. The Hall–Kier alpha value is -1.30. The highest BCUT2D eigenvalue weighted by molar-refractivity contribution is 5.83. The van der Waals surface area contributed by atoms with Gasteiger partial charge in [0.2, 0.25) is 0 Å². The number of carboxylic acids is 2. The molecule has 4 atom stereocenters. The van der Waals surface area contributed by atoms with E-state index >= 15 is 0 Å². The third kappa shape index (κ3) is 4.87. The first-order valence-electron chi connectivity index (χ1n) is 6.73. The number of carbonyl (C=O) groups is 2. The lowest BCUT2D eigenvalue weighted by molar-refractivity contribution is -0.275. The van der Waals surface area contributed by atoms with Gasteiger partial charge in [0, 0.05) is 0 Å². The molecule has 0 saturated carbocycles. The zero-order chi connectivity index (χ0) is 15.9. The van der Waals surface area contributed by atoms with Crippen LogP contribution in [0.1, 0.15) is 0 Å². The molecule has 10 heteroatoms. The Morgan fingerprint density at radius 3 is 1.50 bits per heavy atom. The van der Waals surface area contributed by atoms with Crippen molar-refractivity contribution in [2.24, 2.45) is 0 Å². The number of hydrogen-bond donors (Lipinski definition) is 2. The average molecular weight is 322 g/mol. The summed E-state index contributed by atoms with van der Waals surface area (Å²) in [7, 11) is 0. The Labute approximate surface area is 125 Å². The van der Waals surface area contributed by atoms with E-state index in [0.29, 0.717) is 13.2 Å². The molecule has 2 N–H and O–H groups in total. The lowest BCUT2D eigenvalue weighted by atomic mass is 10.2. The number of hydrogen-bond acceptors (Lipinski definition) is 8. The van der Waals surface area contributed by atoms with Gasteiger partial charge in [-0.3, -0.25) is 0 Å². The van der Waals surface area contributed by atoms with E-state index in [1.807, 2.05) is 0 Å². The van der Waals surface area contributed by atoms with Gasteiger partial charge in [-0.05, 0) is 0 Å². The highest BCUT2D eigenvalue weighted by atomic mass is 16.7. The van der Waals surface area contributed by atoms with Gasteiger partial charge >= 0.3 is 11.9 Å². The van der Waals surface area contributed by atoms with Gasteiger partial charge in [0.05, 0.1) is 39.6 Å². The second-order valence-electron chi connectivity index (χ2n) is 4.54. The molecule has 2 heterocycles. The summed E-state index contributed by atoms with van der Waals surface area (Å²) in [5.74, 6) is -2.98. The monoisotopic (exact) mass is 322 g/mol. The molecule has 2 fully saturated rings. The van der Waals surface area contributed by atoms with E-state index in [1.165, 1.54) is 0 Å². The third-order valence-corrected chi connectivity index (χ3v) is 2.93.